The minimum absolute atomic E-state index is 0.0778. The molecule has 0 atom stereocenters. The highest BCUT2D eigenvalue weighted by molar-refractivity contribution is 7.89. The van der Waals surface area contributed by atoms with Crippen LogP contribution in [0.4, 0.5) is 5.69 Å². The number of rotatable bonds is 3. The van der Waals surface area contributed by atoms with Crippen molar-refractivity contribution in [2.75, 3.05) is 18.5 Å². The lowest BCUT2D eigenvalue weighted by Crippen LogP contribution is -2.36. The number of hydrogen-bond acceptors (Lipinski definition) is 4. The Balaban J connectivity index is 1.79. The highest BCUT2D eigenvalue weighted by Gasteiger charge is 2.23. The molecular formula is C14H20N2O3S. The predicted molar refractivity (Wildman–Crippen MR) is 77.6 cm³/mol. The van der Waals surface area contributed by atoms with E-state index in [2.05, 4.69) is 10.0 Å². The van der Waals surface area contributed by atoms with Crippen molar-refractivity contribution in [2.24, 2.45) is 0 Å². The van der Waals surface area contributed by atoms with Crippen molar-refractivity contribution in [3.05, 3.63) is 18.2 Å². The molecule has 5 nitrogen and oxygen atoms in total. The van der Waals surface area contributed by atoms with E-state index in [4.69, 9.17) is 4.74 Å². The van der Waals surface area contributed by atoms with Gasteiger partial charge < -0.3 is 10.1 Å². The van der Waals surface area contributed by atoms with Crippen LogP contribution in [0.1, 0.15) is 32.1 Å². The molecule has 0 spiro atoms. The highest BCUT2D eigenvalue weighted by atomic mass is 32.2. The second-order valence-electron chi connectivity index (χ2n) is 5.39. The molecule has 2 N–H and O–H groups in total. The van der Waals surface area contributed by atoms with E-state index >= 15 is 0 Å². The second-order valence-corrected chi connectivity index (χ2v) is 7.10. The first-order chi connectivity index (χ1) is 9.65. The predicted octanol–water partition coefficient (Wildman–Crippen LogP) is 2.10. The largest absolute Gasteiger partial charge is 0.490 e. The summed E-state index contributed by atoms with van der Waals surface area (Å²) >= 11 is 0. The van der Waals surface area contributed by atoms with Crippen LogP contribution >= 0.6 is 0 Å². The molecule has 0 unspecified atom stereocenters. The molecule has 1 saturated carbocycles. The normalized spacial score (nSPS) is 19.8. The summed E-state index contributed by atoms with van der Waals surface area (Å²) in [5.41, 5.74) is 0.753. The van der Waals surface area contributed by atoms with E-state index in [0.29, 0.717) is 23.8 Å². The number of nitrogens with one attached hydrogen (secondary N) is 2. The zero-order valence-electron chi connectivity index (χ0n) is 11.4. The lowest BCUT2D eigenvalue weighted by atomic mass is 9.96. The summed E-state index contributed by atoms with van der Waals surface area (Å²) in [5, 5.41) is 3.16. The average molecular weight is 296 g/mol. The molecule has 2 aliphatic rings. The molecule has 20 heavy (non-hydrogen) atoms. The van der Waals surface area contributed by atoms with E-state index < -0.39 is 10.0 Å². The molecule has 0 radical (unpaired) electrons. The third kappa shape index (κ3) is 2.91. The van der Waals surface area contributed by atoms with Crippen molar-refractivity contribution in [1.82, 2.24) is 4.72 Å². The van der Waals surface area contributed by atoms with Crippen LogP contribution in [0.3, 0.4) is 0 Å². The maximum absolute atomic E-state index is 12.4. The van der Waals surface area contributed by atoms with Crippen LogP contribution in [0.2, 0.25) is 0 Å². The van der Waals surface area contributed by atoms with Crippen molar-refractivity contribution < 1.29 is 13.2 Å². The van der Waals surface area contributed by atoms with Gasteiger partial charge in [0.25, 0.3) is 0 Å². The minimum Gasteiger partial charge on any atom is -0.490 e. The van der Waals surface area contributed by atoms with Gasteiger partial charge in [-0.05, 0) is 31.0 Å². The van der Waals surface area contributed by atoms with E-state index in [1.807, 2.05) is 0 Å². The number of fused-ring (bicyclic) bond motifs is 1. The van der Waals surface area contributed by atoms with Gasteiger partial charge in [0.2, 0.25) is 10.0 Å². The molecule has 1 aromatic carbocycles. The lowest BCUT2D eigenvalue weighted by Gasteiger charge is -2.23. The van der Waals surface area contributed by atoms with Crippen LogP contribution in [-0.4, -0.2) is 27.6 Å². The zero-order valence-corrected chi connectivity index (χ0v) is 12.2. The molecule has 6 heteroatoms. The summed E-state index contributed by atoms with van der Waals surface area (Å²) in [4.78, 5) is 0.305. The van der Waals surface area contributed by atoms with E-state index in [-0.39, 0.29) is 6.04 Å². The number of anilines is 1. The van der Waals surface area contributed by atoms with Crippen molar-refractivity contribution in [2.45, 2.75) is 43.0 Å². The smallest absolute Gasteiger partial charge is 0.240 e. The zero-order chi connectivity index (χ0) is 14.0. The first-order valence-electron chi connectivity index (χ1n) is 7.18. The molecule has 1 aromatic rings. The Morgan fingerprint density at radius 2 is 2.00 bits per heavy atom. The van der Waals surface area contributed by atoms with Gasteiger partial charge in [0.15, 0.2) is 0 Å². The molecule has 0 bridgehead atoms. The van der Waals surface area contributed by atoms with Crippen LogP contribution < -0.4 is 14.8 Å². The maximum atomic E-state index is 12.4. The maximum Gasteiger partial charge on any atom is 0.240 e. The van der Waals surface area contributed by atoms with Gasteiger partial charge in [-0.15, -0.1) is 0 Å². The van der Waals surface area contributed by atoms with Crippen molar-refractivity contribution in [3.8, 4) is 5.75 Å². The molecule has 0 amide bonds. The van der Waals surface area contributed by atoms with Crippen molar-refractivity contribution >= 4 is 15.7 Å². The monoisotopic (exact) mass is 296 g/mol. The Labute approximate surface area is 119 Å². The van der Waals surface area contributed by atoms with Gasteiger partial charge in [0.1, 0.15) is 12.4 Å². The van der Waals surface area contributed by atoms with E-state index in [1.54, 1.807) is 18.2 Å². The molecule has 1 aliphatic heterocycles. The highest BCUT2D eigenvalue weighted by Crippen LogP contribution is 2.30. The average Bonchev–Trinajstić information content (AvgIpc) is 2.47. The SMILES string of the molecule is O=S(=O)(NC1CCCCC1)c1ccc2c(c1)NCCO2. The van der Waals surface area contributed by atoms with Crippen molar-refractivity contribution in [3.63, 3.8) is 0 Å². The molecule has 1 fully saturated rings. The molecule has 0 saturated heterocycles. The van der Waals surface area contributed by atoms with Gasteiger partial charge in [-0.1, -0.05) is 19.3 Å². The summed E-state index contributed by atoms with van der Waals surface area (Å²) in [6.45, 7) is 1.31. The van der Waals surface area contributed by atoms with Crippen molar-refractivity contribution in [1.29, 1.82) is 0 Å². The fourth-order valence-corrected chi connectivity index (χ4v) is 4.13. The Morgan fingerprint density at radius 1 is 1.20 bits per heavy atom. The van der Waals surface area contributed by atoms with Gasteiger partial charge in [-0.25, -0.2) is 13.1 Å². The Hall–Kier alpha value is -1.27. The van der Waals surface area contributed by atoms with Gasteiger partial charge in [-0.2, -0.15) is 0 Å². The van der Waals surface area contributed by atoms with Gasteiger partial charge >= 0.3 is 0 Å². The molecule has 1 heterocycles. The Kier molecular flexibility index (Phi) is 3.85. The van der Waals surface area contributed by atoms with Crippen LogP contribution in [0.5, 0.6) is 5.75 Å². The van der Waals surface area contributed by atoms with Gasteiger partial charge in [0.05, 0.1) is 10.6 Å². The molecular weight excluding hydrogens is 276 g/mol. The summed E-state index contributed by atoms with van der Waals surface area (Å²) in [6, 6.07) is 5.06. The van der Waals surface area contributed by atoms with Gasteiger partial charge in [0, 0.05) is 12.6 Å². The topological polar surface area (TPSA) is 67.4 Å². The van der Waals surface area contributed by atoms with Crippen LogP contribution in [-0.2, 0) is 10.0 Å². The Bertz CT molecular complexity index is 580. The van der Waals surface area contributed by atoms with Crippen LogP contribution in [0.25, 0.3) is 0 Å². The van der Waals surface area contributed by atoms with E-state index in [0.717, 1.165) is 31.4 Å². The number of benzene rings is 1. The van der Waals surface area contributed by atoms with Gasteiger partial charge in [-0.3, -0.25) is 0 Å². The van der Waals surface area contributed by atoms with E-state index in [1.165, 1.54) is 6.42 Å². The third-order valence-corrected chi connectivity index (χ3v) is 5.38. The molecule has 0 aromatic heterocycles. The Morgan fingerprint density at radius 3 is 2.80 bits per heavy atom. The summed E-state index contributed by atoms with van der Waals surface area (Å²) in [6.07, 6.45) is 5.29. The van der Waals surface area contributed by atoms with Crippen LogP contribution in [0.15, 0.2) is 23.1 Å². The number of ether oxygens (including phenoxy) is 1. The molecule has 3 rings (SSSR count). The first kappa shape index (κ1) is 13.7. The van der Waals surface area contributed by atoms with Crippen LogP contribution in [0, 0.1) is 0 Å². The second kappa shape index (κ2) is 5.61. The molecule has 1 aliphatic carbocycles. The number of hydrogen-bond donors (Lipinski definition) is 2. The molecule has 110 valence electrons. The summed E-state index contributed by atoms with van der Waals surface area (Å²) in [5.74, 6) is 0.716. The summed E-state index contributed by atoms with van der Waals surface area (Å²) in [7, 11) is -3.44. The first-order valence-corrected chi connectivity index (χ1v) is 8.66. The third-order valence-electron chi connectivity index (χ3n) is 3.86. The lowest BCUT2D eigenvalue weighted by molar-refractivity contribution is 0.323. The fraction of sp³-hybridized carbons (Fsp3) is 0.571. The quantitative estimate of drug-likeness (QED) is 0.896. The minimum atomic E-state index is -3.44. The standard InChI is InChI=1S/C14H20N2O3S/c17-20(18,16-11-4-2-1-3-5-11)12-6-7-14-13(10-12)15-8-9-19-14/h6-7,10-11,15-16H,1-5,8-9H2. The summed E-state index contributed by atoms with van der Waals surface area (Å²) < 4.78 is 33.1. The fourth-order valence-electron chi connectivity index (χ4n) is 2.79. The number of sulfonamides is 1. The van der Waals surface area contributed by atoms with E-state index in [9.17, 15) is 8.42 Å².